The first-order valence-electron chi connectivity index (χ1n) is 12.4. The fourth-order valence-electron chi connectivity index (χ4n) is 5.46. The Hall–Kier alpha value is -3.72. The summed E-state index contributed by atoms with van der Waals surface area (Å²) < 4.78 is 0. The molecule has 5 rings (SSSR count). The van der Waals surface area contributed by atoms with E-state index in [1.807, 2.05) is 18.2 Å². The molecule has 188 valence electrons. The van der Waals surface area contributed by atoms with Crippen LogP contribution in [0.1, 0.15) is 59.4 Å². The number of hydrogen-bond acceptors (Lipinski definition) is 5. The van der Waals surface area contributed by atoms with Gasteiger partial charge in [0.25, 0.3) is 11.8 Å². The Morgan fingerprint density at radius 1 is 1.06 bits per heavy atom. The van der Waals surface area contributed by atoms with E-state index in [2.05, 4.69) is 46.8 Å². The quantitative estimate of drug-likeness (QED) is 0.560. The maximum atomic E-state index is 13.0. The largest absolute Gasteiger partial charge is 0.354 e. The molecule has 0 radical (unpaired) electrons. The van der Waals surface area contributed by atoms with Gasteiger partial charge in [0, 0.05) is 36.9 Å². The van der Waals surface area contributed by atoms with Crippen LogP contribution in [-0.4, -0.2) is 64.3 Å². The Morgan fingerprint density at radius 2 is 1.81 bits per heavy atom. The molecule has 2 unspecified atom stereocenters. The molecule has 3 N–H and O–H groups in total. The molecule has 3 aliphatic rings. The van der Waals surface area contributed by atoms with Crippen LogP contribution < -0.4 is 16.0 Å². The van der Waals surface area contributed by atoms with Crippen molar-refractivity contribution in [1.29, 1.82) is 0 Å². The van der Waals surface area contributed by atoms with Gasteiger partial charge >= 0.3 is 6.03 Å². The summed E-state index contributed by atoms with van der Waals surface area (Å²) in [5.41, 5.74) is 2.03. The molecule has 0 aliphatic carbocycles. The van der Waals surface area contributed by atoms with Crippen molar-refractivity contribution < 1.29 is 19.2 Å². The van der Waals surface area contributed by atoms with E-state index in [-0.39, 0.29) is 34.6 Å². The number of rotatable bonds is 5. The maximum Gasteiger partial charge on any atom is 0.319 e. The molecule has 2 atom stereocenters. The zero-order valence-corrected chi connectivity index (χ0v) is 20.5. The highest BCUT2D eigenvalue weighted by molar-refractivity contribution is 6.23. The molecule has 0 saturated carbocycles. The van der Waals surface area contributed by atoms with Crippen molar-refractivity contribution in [2.45, 2.75) is 57.3 Å². The second-order valence-corrected chi connectivity index (χ2v) is 10.4. The third-order valence-corrected chi connectivity index (χ3v) is 7.34. The minimum atomic E-state index is -0.796. The third-order valence-electron chi connectivity index (χ3n) is 7.34. The highest BCUT2D eigenvalue weighted by atomic mass is 16.2. The van der Waals surface area contributed by atoms with Gasteiger partial charge in [-0.15, -0.1) is 0 Å². The Morgan fingerprint density at radius 3 is 2.56 bits per heavy atom. The van der Waals surface area contributed by atoms with Crippen molar-refractivity contribution in [2.24, 2.45) is 0 Å². The van der Waals surface area contributed by atoms with Gasteiger partial charge in [-0.3, -0.25) is 24.2 Å². The van der Waals surface area contributed by atoms with Crippen molar-refractivity contribution in [3.63, 3.8) is 0 Å². The van der Waals surface area contributed by atoms with Crippen LogP contribution in [0, 0.1) is 0 Å². The minimum Gasteiger partial charge on any atom is -0.354 e. The number of nitrogens with one attached hydrogen (secondary N) is 3. The lowest BCUT2D eigenvalue weighted by molar-refractivity contribution is -0.126. The van der Waals surface area contributed by atoms with Crippen molar-refractivity contribution in [2.75, 3.05) is 18.4 Å². The molecule has 2 saturated heterocycles. The molecule has 2 aromatic carbocycles. The molecule has 3 aliphatic heterocycles. The standard InChI is InChI=1S/C27H31N5O4/c1-27(2)14-19(16-31(27)15-17-7-4-3-5-8-17)30-26(36)29-18-10-11-20-21(13-18)25(35)32(24(20)34)22-9-6-12-28-23(22)33/h3-5,7-8,10-11,13,19,22H,6,9,12,14-16H2,1-2H3,(H,28,33)(H2,29,30,36). The normalized spacial score (nSPS) is 23.4. The summed E-state index contributed by atoms with van der Waals surface area (Å²) in [5, 5.41) is 8.56. The Kier molecular flexibility index (Phi) is 6.26. The number of piperidine rings is 1. The van der Waals surface area contributed by atoms with Gasteiger partial charge in [0.05, 0.1) is 11.1 Å². The van der Waals surface area contributed by atoms with Crippen LogP contribution in [0.3, 0.4) is 0 Å². The smallest absolute Gasteiger partial charge is 0.319 e. The van der Waals surface area contributed by atoms with E-state index in [0.717, 1.165) is 24.4 Å². The molecule has 0 spiro atoms. The van der Waals surface area contributed by atoms with Crippen LogP contribution in [0.2, 0.25) is 0 Å². The predicted octanol–water partition coefficient (Wildman–Crippen LogP) is 2.74. The second kappa shape index (κ2) is 9.39. The highest BCUT2D eigenvalue weighted by Crippen LogP contribution is 2.31. The molecule has 0 bridgehead atoms. The number of anilines is 1. The number of urea groups is 1. The van der Waals surface area contributed by atoms with E-state index >= 15 is 0 Å². The first-order valence-corrected chi connectivity index (χ1v) is 12.4. The molecule has 2 aromatic rings. The van der Waals surface area contributed by atoms with Gasteiger partial charge in [0.1, 0.15) is 6.04 Å². The topological polar surface area (TPSA) is 111 Å². The predicted molar refractivity (Wildman–Crippen MR) is 134 cm³/mol. The summed E-state index contributed by atoms with van der Waals surface area (Å²) in [7, 11) is 0. The minimum absolute atomic E-state index is 0.0262. The monoisotopic (exact) mass is 489 g/mol. The van der Waals surface area contributed by atoms with Crippen molar-refractivity contribution >= 4 is 29.4 Å². The zero-order chi connectivity index (χ0) is 25.4. The molecule has 36 heavy (non-hydrogen) atoms. The first kappa shape index (κ1) is 24.0. The summed E-state index contributed by atoms with van der Waals surface area (Å²) in [5.74, 6) is -1.29. The van der Waals surface area contributed by atoms with E-state index in [1.165, 1.54) is 17.7 Å². The fraction of sp³-hybridized carbons (Fsp3) is 0.407. The van der Waals surface area contributed by atoms with Gasteiger partial charge in [0.2, 0.25) is 5.91 Å². The molecule has 9 nitrogen and oxygen atoms in total. The number of benzene rings is 2. The van der Waals surface area contributed by atoms with Crippen LogP contribution in [0.25, 0.3) is 0 Å². The van der Waals surface area contributed by atoms with Crippen LogP contribution in [0.4, 0.5) is 10.5 Å². The van der Waals surface area contributed by atoms with Crippen LogP contribution in [0.15, 0.2) is 48.5 Å². The number of hydrogen-bond donors (Lipinski definition) is 3. The number of nitrogens with zero attached hydrogens (tertiary/aromatic N) is 2. The van der Waals surface area contributed by atoms with Crippen LogP contribution >= 0.6 is 0 Å². The van der Waals surface area contributed by atoms with Gasteiger partial charge < -0.3 is 16.0 Å². The Labute approximate surface area is 210 Å². The van der Waals surface area contributed by atoms with Gasteiger partial charge in [-0.05, 0) is 56.9 Å². The average Bonchev–Trinajstić information content (AvgIpc) is 3.25. The van der Waals surface area contributed by atoms with E-state index < -0.39 is 17.9 Å². The van der Waals surface area contributed by atoms with Gasteiger partial charge in [-0.1, -0.05) is 30.3 Å². The number of fused-ring (bicyclic) bond motifs is 1. The average molecular weight is 490 g/mol. The molecule has 2 fully saturated rings. The van der Waals surface area contributed by atoms with Gasteiger partial charge in [-0.25, -0.2) is 4.79 Å². The highest BCUT2D eigenvalue weighted by Gasteiger charge is 2.43. The third kappa shape index (κ3) is 4.58. The fourth-order valence-corrected chi connectivity index (χ4v) is 5.46. The lowest BCUT2D eigenvalue weighted by Crippen LogP contribution is -2.52. The van der Waals surface area contributed by atoms with Crippen LogP contribution in [0.5, 0.6) is 0 Å². The Balaban J connectivity index is 1.22. The number of carbonyl (C=O) groups is 4. The molecule has 9 heteroatoms. The lowest BCUT2D eigenvalue weighted by Gasteiger charge is -2.31. The summed E-state index contributed by atoms with van der Waals surface area (Å²) in [4.78, 5) is 54.3. The lowest BCUT2D eigenvalue weighted by atomic mass is 10.00. The van der Waals surface area contributed by atoms with Crippen molar-refractivity contribution in [3.8, 4) is 0 Å². The van der Waals surface area contributed by atoms with E-state index in [0.29, 0.717) is 25.1 Å². The first-order chi connectivity index (χ1) is 17.2. The zero-order valence-electron chi connectivity index (χ0n) is 20.5. The maximum absolute atomic E-state index is 13.0. The van der Waals surface area contributed by atoms with E-state index in [1.54, 1.807) is 6.07 Å². The number of likely N-dealkylation sites (tertiary alicyclic amines) is 1. The van der Waals surface area contributed by atoms with Crippen molar-refractivity contribution in [3.05, 3.63) is 65.2 Å². The summed E-state index contributed by atoms with van der Waals surface area (Å²) in [6.07, 6.45) is 1.96. The second-order valence-electron chi connectivity index (χ2n) is 10.4. The number of amides is 5. The summed E-state index contributed by atoms with van der Waals surface area (Å²) >= 11 is 0. The molecular weight excluding hydrogens is 458 g/mol. The van der Waals surface area contributed by atoms with Crippen molar-refractivity contribution in [1.82, 2.24) is 20.4 Å². The Bertz CT molecular complexity index is 1210. The summed E-state index contributed by atoms with van der Waals surface area (Å²) in [6.45, 7) is 6.44. The molecule has 5 amide bonds. The van der Waals surface area contributed by atoms with Gasteiger partial charge in [0.15, 0.2) is 0 Å². The SMILES string of the molecule is CC1(C)CC(NC(=O)Nc2ccc3c(c2)C(=O)N(C2CCCNC2=O)C3=O)CN1Cc1ccccc1. The van der Waals surface area contributed by atoms with E-state index in [9.17, 15) is 19.2 Å². The van der Waals surface area contributed by atoms with Crippen LogP contribution in [-0.2, 0) is 11.3 Å². The molecule has 3 heterocycles. The molecular formula is C27H31N5O4. The van der Waals surface area contributed by atoms with E-state index in [4.69, 9.17) is 0 Å². The summed E-state index contributed by atoms with van der Waals surface area (Å²) in [6, 6.07) is 13.7. The number of carbonyl (C=O) groups excluding carboxylic acids is 4. The molecule has 0 aromatic heterocycles. The number of imide groups is 1. The van der Waals surface area contributed by atoms with Gasteiger partial charge in [-0.2, -0.15) is 0 Å².